The van der Waals surface area contributed by atoms with Crippen molar-refractivity contribution in [2.75, 3.05) is 0 Å². The van der Waals surface area contributed by atoms with Crippen LogP contribution in [0.25, 0.3) is 0 Å². The van der Waals surface area contributed by atoms with E-state index in [1.807, 2.05) is 0 Å². The van der Waals surface area contributed by atoms with E-state index in [9.17, 15) is 4.79 Å². The first kappa shape index (κ1) is 6.48. The summed E-state index contributed by atoms with van der Waals surface area (Å²) in [5.74, 6) is -0.748. The van der Waals surface area contributed by atoms with E-state index in [0.29, 0.717) is 0 Å². The monoisotopic (exact) mass is 109 g/mol. The highest BCUT2D eigenvalue weighted by Crippen LogP contribution is 1.73. The third-order valence-electron chi connectivity index (χ3n) is 0.366. The number of ether oxygens (including phenoxy) is 1. The summed E-state index contributed by atoms with van der Waals surface area (Å²) < 4.78 is 3.79. The van der Waals surface area contributed by atoms with Crippen LogP contribution in [-0.4, -0.2) is 5.97 Å². The van der Waals surface area contributed by atoms with Gasteiger partial charge in [-0.1, -0.05) is 6.58 Å². The summed E-state index contributed by atoms with van der Waals surface area (Å²) >= 11 is 0. The van der Waals surface area contributed by atoms with Gasteiger partial charge in [-0.25, -0.2) is 4.79 Å². The first-order valence-electron chi connectivity index (χ1n) is 1.77. The molecule has 0 saturated carbocycles. The molecular formula is C5H3NO2. The Morgan fingerprint density at radius 2 is 2.50 bits per heavy atom. The van der Waals surface area contributed by atoms with Gasteiger partial charge in [-0.3, -0.25) is 0 Å². The van der Waals surface area contributed by atoms with Gasteiger partial charge in [-0.2, -0.15) is 0 Å². The van der Waals surface area contributed by atoms with Crippen LogP contribution in [0.1, 0.15) is 0 Å². The summed E-state index contributed by atoms with van der Waals surface area (Å²) in [6.45, 7) is 3.09. The number of hydrogen-bond donors (Lipinski definition) is 0. The van der Waals surface area contributed by atoms with Crippen molar-refractivity contribution in [1.82, 2.24) is 0 Å². The fourth-order valence-electron chi connectivity index (χ4n) is 0.158. The summed E-state index contributed by atoms with van der Waals surface area (Å²) in [7, 11) is 0. The molecule has 3 nitrogen and oxygen atoms in total. The number of esters is 1. The lowest BCUT2D eigenvalue weighted by molar-refractivity contribution is -0.131. The van der Waals surface area contributed by atoms with Crippen LogP contribution < -0.4 is 0 Å². The minimum absolute atomic E-state index is 0.748. The third-order valence-corrected chi connectivity index (χ3v) is 0.366. The van der Waals surface area contributed by atoms with Crippen LogP contribution in [-0.2, 0) is 9.53 Å². The average Bonchev–Trinajstić information content (AvgIpc) is 1.68. The molecular weight excluding hydrogens is 106 g/mol. The van der Waals surface area contributed by atoms with Gasteiger partial charge in [-0.15, -0.1) is 11.0 Å². The lowest BCUT2D eigenvalue weighted by Gasteiger charge is -1.77. The Morgan fingerprint density at radius 1 is 1.88 bits per heavy atom. The molecule has 0 aliphatic heterocycles. The zero-order valence-electron chi connectivity index (χ0n) is 4.05. The molecule has 0 radical (unpaired) electrons. The minimum Gasteiger partial charge on any atom is -0.347 e. The third kappa shape index (κ3) is 2.70. The van der Waals surface area contributed by atoms with E-state index in [2.05, 4.69) is 17.0 Å². The van der Waals surface area contributed by atoms with Crippen molar-refractivity contribution in [3.8, 4) is 6.26 Å². The quantitative estimate of drug-likeness (QED) is 0.211. The molecule has 0 aromatic rings. The van der Waals surface area contributed by atoms with Crippen LogP contribution in [0, 0.1) is 11.5 Å². The molecule has 0 heterocycles. The van der Waals surface area contributed by atoms with E-state index in [4.69, 9.17) is 5.26 Å². The van der Waals surface area contributed by atoms with Crippen LogP contribution >= 0.6 is 0 Å². The van der Waals surface area contributed by atoms with Crippen molar-refractivity contribution in [3.05, 3.63) is 18.4 Å². The van der Waals surface area contributed by atoms with Gasteiger partial charge in [0.05, 0.1) is 6.08 Å². The maximum atomic E-state index is 10.0. The minimum atomic E-state index is -0.748. The van der Waals surface area contributed by atoms with Gasteiger partial charge in [0.1, 0.15) is 0 Å². The molecule has 0 saturated heterocycles. The molecule has 0 rings (SSSR count). The van der Waals surface area contributed by atoms with E-state index in [0.717, 1.165) is 6.08 Å². The molecule has 0 fully saturated rings. The first-order chi connectivity index (χ1) is 3.81. The lowest BCUT2D eigenvalue weighted by atomic mass is 10.6. The molecule has 0 bridgehead atoms. The van der Waals surface area contributed by atoms with E-state index >= 15 is 0 Å². The number of carbonyl (C=O) groups excluding carboxylic acids is 1. The largest absolute Gasteiger partial charge is 0.353 e. The summed E-state index contributed by atoms with van der Waals surface area (Å²) in [6.07, 6.45) is 2.14. The maximum absolute atomic E-state index is 10.0. The van der Waals surface area contributed by atoms with E-state index in [-0.39, 0.29) is 0 Å². The number of nitriles is 1. The Labute approximate surface area is 46.5 Å². The second-order valence-electron chi connectivity index (χ2n) is 0.861. The van der Waals surface area contributed by atoms with Crippen LogP contribution in [0.5, 0.6) is 0 Å². The number of nitrogens with zero attached hydrogens (tertiary/aromatic N) is 1. The van der Waals surface area contributed by atoms with Gasteiger partial charge >= 0.3 is 5.97 Å². The Balaban J connectivity index is 3.70. The Morgan fingerprint density at radius 3 is 2.88 bits per heavy atom. The molecule has 0 atom stereocenters. The average molecular weight is 109 g/mol. The van der Waals surface area contributed by atoms with Crippen molar-refractivity contribution in [2.45, 2.75) is 0 Å². The molecule has 0 unspecified atom stereocenters. The van der Waals surface area contributed by atoms with Gasteiger partial charge in [0.25, 0.3) is 6.26 Å². The van der Waals surface area contributed by atoms with Crippen molar-refractivity contribution >= 4 is 5.97 Å². The van der Waals surface area contributed by atoms with Crippen LogP contribution in [0.2, 0.25) is 0 Å². The SMILES string of the molecule is C=C=CC(=O)OC#N. The fraction of sp³-hybridized carbons (Fsp3) is 0. The molecule has 0 N–H and O–H groups in total. The predicted molar refractivity (Wildman–Crippen MR) is 25.4 cm³/mol. The highest BCUT2D eigenvalue weighted by Gasteiger charge is 1.89. The zero-order valence-corrected chi connectivity index (χ0v) is 4.05. The van der Waals surface area contributed by atoms with Gasteiger partial charge < -0.3 is 4.74 Å². The highest BCUT2D eigenvalue weighted by atomic mass is 16.5. The van der Waals surface area contributed by atoms with Crippen molar-refractivity contribution in [2.24, 2.45) is 0 Å². The second kappa shape index (κ2) is 3.66. The molecule has 0 aliphatic carbocycles. The number of hydrogen-bond acceptors (Lipinski definition) is 3. The molecule has 0 aliphatic rings. The Hall–Kier alpha value is -1.52. The molecule has 40 valence electrons. The van der Waals surface area contributed by atoms with Gasteiger partial charge in [0, 0.05) is 0 Å². The van der Waals surface area contributed by atoms with Crippen LogP contribution in [0.4, 0.5) is 0 Å². The summed E-state index contributed by atoms with van der Waals surface area (Å²) in [4.78, 5) is 10.0. The standard InChI is InChI=1S/C5H3NO2/c1-2-3-5(7)8-4-6/h3H,1H2. The highest BCUT2D eigenvalue weighted by molar-refractivity contribution is 5.82. The molecule has 8 heavy (non-hydrogen) atoms. The Bertz CT molecular complexity index is 171. The number of rotatable bonds is 1. The van der Waals surface area contributed by atoms with Crippen molar-refractivity contribution in [3.63, 3.8) is 0 Å². The fourth-order valence-corrected chi connectivity index (χ4v) is 0.158. The molecule has 3 heteroatoms. The molecule has 0 aromatic heterocycles. The van der Waals surface area contributed by atoms with Crippen molar-refractivity contribution < 1.29 is 9.53 Å². The van der Waals surface area contributed by atoms with Gasteiger partial charge in [0.15, 0.2) is 0 Å². The van der Waals surface area contributed by atoms with Gasteiger partial charge in [-0.05, 0) is 0 Å². The summed E-state index contributed by atoms with van der Waals surface area (Å²) in [6, 6.07) is 0. The van der Waals surface area contributed by atoms with Crippen LogP contribution in [0.15, 0.2) is 18.4 Å². The number of carbonyl (C=O) groups is 1. The molecule has 0 amide bonds. The topological polar surface area (TPSA) is 50.1 Å². The maximum Gasteiger partial charge on any atom is 0.353 e. The van der Waals surface area contributed by atoms with Gasteiger partial charge in [0.2, 0.25) is 0 Å². The second-order valence-corrected chi connectivity index (χ2v) is 0.861. The Kier molecular flexibility index (Phi) is 2.97. The first-order valence-corrected chi connectivity index (χ1v) is 1.77. The molecule has 0 aromatic carbocycles. The molecule has 0 spiro atoms. The van der Waals surface area contributed by atoms with Crippen molar-refractivity contribution in [1.29, 1.82) is 5.26 Å². The van der Waals surface area contributed by atoms with E-state index < -0.39 is 5.97 Å². The predicted octanol–water partition coefficient (Wildman–Crippen LogP) is 0.352. The summed E-state index contributed by atoms with van der Waals surface area (Å²) in [5, 5.41) is 7.70. The zero-order chi connectivity index (χ0) is 6.41. The normalized spacial score (nSPS) is 5.88. The smallest absolute Gasteiger partial charge is 0.347 e. The lowest BCUT2D eigenvalue weighted by Crippen LogP contribution is -1.91. The summed E-state index contributed by atoms with van der Waals surface area (Å²) in [5.41, 5.74) is 2.15. The van der Waals surface area contributed by atoms with E-state index in [1.54, 1.807) is 0 Å². The van der Waals surface area contributed by atoms with E-state index in [1.165, 1.54) is 6.26 Å². The van der Waals surface area contributed by atoms with Crippen LogP contribution in [0.3, 0.4) is 0 Å².